The molecule has 0 saturated carbocycles. The number of hydrogen-bond acceptors (Lipinski definition) is 5. The summed E-state index contributed by atoms with van der Waals surface area (Å²) in [4.78, 5) is 13.7. The number of amides is 1. The van der Waals surface area contributed by atoms with Crippen LogP contribution in [-0.4, -0.2) is 39.9 Å². The number of methoxy groups -OCH3 is 1. The molecule has 126 valence electrons. The van der Waals surface area contributed by atoms with E-state index in [4.69, 9.17) is 9.47 Å². The molecule has 1 N–H and O–H groups in total. The summed E-state index contributed by atoms with van der Waals surface area (Å²) in [6.07, 6.45) is 1.59. The van der Waals surface area contributed by atoms with Gasteiger partial charge in [0.15, 0.2) is 6.61 Å². The van der Waals surface area contributed by atoms with Crippen LogP contribution in [-0.2, 0) is 4.79 Å². The Bertz CT molecular complexity index is 680. The highest BCUT2D eigenvalue weighted by Gasteiger charge is 2.01. The van der Waals surface area contributed by atoms with Gasteiger partial charge in [-0.25, -0.2) is 5.43 Å². The third kappa shape index (κ3) is 5.31. The van der Waals surface area contributed by atoms with E-state index in [1.54, 1.807) is 37.6 Å². The van der Waals surface area contributed by atoms with E-state index in [1.165, 1.54) is 0 Å². The van der Waals surface area contributed by atoms with Crippen LogP contribution in [0.1, 0.15) is 5.56 Å². The van der Waals surface area contributed by atoms with Crippen LogP contribution in [0.2, 0.25) is 0 Å². The topological polar surface area (TPSA) is 63.2 Å². The van der Waals surface area contributed by atoms with Gasteiger partial charge in [0.1, 0.15) is 11.5 Å². The molecule has 0 aliphatic rings. The van der Waals surface area contributed by atoms with Gasteiger partial charge in [-0.3, -0.25) is 4.79 Å². The highest BCUT2D eigenvalue weighted by atomic mass is 16.5. The Kier molecular flexibility index (Phi) is 6.19. The van der Waals surface area contributed by atoms with Crippen LogP contribution < -0.4 is 19.8 Å². The fourth-order valence-corrected chi connectivity index (χ4v) is 1.89. The first-order valence-corrected chi connectivity index (χ1v) is 7.44. The van der Waals surface area contributed by atoms with E-state index >= 15 is 0 Å². The molecule has 0 aromatic heterocycles. The SMILES string of the molecule is COc1ccc(OCC(=O)N/N=C\c2ccc(N(C)C)cc2)cc1. The molecule has 0 fully saturated rings. The maximum absolute atomic E-state index is 11.7. The highest BCUT2D eigenvalue weighted by Crippen LogP contribution is 2.16. The van der Waals surface area contributed by atoms with Gasteiger partial charge in [-0.15, -0.1) is 0 Å². The predicted molar refractivity (Wildman–Crippen MR) is 95.0 cm³/mol. The van der Waals surface area contributed by atoms with Crippen molar-refractivity contribution in [2.45, 2.75) is 0 Å². The molecule has 0 aliphatic heterocycles. The number of ether oxygens (including phenoxy) is 2. The standard InChI is InChI=1S/C18H21N3O3/c1-21(2)15-6-4-14(5-7-15)12-19-20-18(22)13-24-17-10-8-16(23-3)9-11-17/h4-12H,13H2,1-3H3,(H,20,22)/b19-12-. The van der Waals surface area contributed by atoms with Crippen LogP contribution >= 0.6 is 0 Å². The summed E-state index contributed by atoms with van der Waals surface area (Å²) in [5.74, 6) is 0.998. The molecule has 0 atom stereocenters. The Hall–Kier alpha value is -3.02. The lowest BCUT2D eigenvalue weighted by molar-refractivity contribution is -0.123. The number of hydrazone groups is 1. The normalized spacial score (nSPS) is 10.5. The summed E-state index contributed by atoms with van der Waals surface area (Å²) in [6.45, 7) is -0.108. The molecule has 0 aliphatic carbocycles. The number of benzene rings is 2. The monoisotopic (exact) mass is 327 g/mol. The first kappa shape index (κ1) is 17.3. The quantitative estimate of drug-likeness (QED) is 0.626. The van der Waals surface area contributed by atoms with E-state index < -0.39 is 0 Å². The summed E-state index contributed by atoms with van der Waals surface area (Å²) in [7, 11) is 5.55. The summed E-state index contributed by atoms with van der Waals surface area (Å²) in [6, 6.07) is 14.8. The van der Waals surface area contributed by atoms with Crippen molar-refractivity contribution < 1.29 is 14.3 Å². The summed E-state index contributed by atoms with van der Waals surface area (Å²) in [5.41, 5.74) is 4.43. The van der Waals surface area contributed by atoms with Crippen molar-refractivity contribution in [3.63, 3.8) is 0 Å². The molecule has 6 nitrogen and oxygen atoms in total. The first-order chi connectivity index (χ1) is 11.6. The van der Waals surface area contributed by atoms with Crippen molar-refractivity contribution in [1.82, 2.24) is 5.43 Å². The zero-order valence-corrected chi connectivity index (χ0v) is 14.0. The van der Waals surface area contributed by atoms with Crippen LogP contribution in [0.5, 0.6) is 11.5 Å². The smallest absolute Gasteiger partial charge is 0.277 e. The lowest BCUT2D eigenvalue weighted by Gasteiger charge is -2.11. The maximum atomic E-state index is 11.7. The third-order valence-corrected chi connectivity index (χ3v) is 3.24. The number of anilines is 1. The molecule has 0 radical (unpaired) electrons. The van der Waals surface area contributed by atoms with Crippen LogP contribution in [0.25, 0.3) is 0 Å². The van der Waals surface area contributed by atoms with Gasteiger partial charge >= 0.3 is 0 Å². The van der Waals surface area contributed by atoms with Crippen molar-refractivity contribution in [3.05, 3.63) is 54.1 Å². The Morgan fingerprint density at radius 3 is 2.29 bits per heavy atom. The Labute approximate surface area is 141 Å². The zero-order chi connectivity index (χ0) is 17.4. The number of rotatable bonds is 7. The molecule has 2 aromatic rings. The van der Waals surface area contributed by atoms with E-state index in [9.17, 15) is 4.79 Å². The van der Waals surface area contributed by atoms with Crippen LogP contribution in [0.4, 0.5) is 5.69 Å². The van der Waals surface area contributed by atoms with Gasteiger partial charge in [-0.1, -0.05) is 12.1 Å². The molecule has 0 unspecified atom stereocenters. The van der Waals surface area contributed by atoms with E-state index in [1.807, 2.05) is 43.3 Å². The minimum absolute atomic E-state index is 0.108. The van der Waals surface area contributed by atoms with E-state index in [0.717, 1.165) is 17.0 Å². The van der Waals surface area contributed by atoms with Crippen molar-refractivity contribution in [2.75, 3.05) is 32.7 Å². The zero-order valence-electron chi connectivity index (χ0n) is 14.0. The Morgan fingerprint density at radius 2 is 1.71 bits per heavy atom. The van der Waals surface area contributed by atoms with E-state index in [2.05, 4.69) is 10.5 Å². The van der Waals surface area contributed by atoms with Crippen molar-refractivity contribution in [3.8, 4) is 11.5 Å². The molecule has 24 heavy (non-hydrogen) atoms. The fraction of sp³-hybridized carbons (Fsp3) is 0.222. The van der Waals surface area contributed by atoms with Gasteiger partial charge in [-0.2, -0.15) is 5.10 Å². The maximum Gasteiger partial charge on any atom is 0.277 e. The molecular weight excluding hydrogens is 306 g/mol. The molecule has 0 bridgehead atoms. The third-order valence-electron chi connectivity index (χ3n) is 3.24. The number of carbonyl (C=O) groups is 1. The molecule has 0 heterocycles. The van der Waals surface area contributed by atoms with Crippen molar-refractivity contribution in [1.29, 1.82) is 0 Å². The number of hydrogen-bond donors (Lipinski definition) is 1. The van der Waals surface area contributed by atoms with Gasteiger partial charge < -0.3 is 14.4 Å². The van der Waals surface area contributed by atoms with Crippen LogP contribution in [0.15, 0.2) is 53.6 Å². The lowest BCUT2D eigenvalue weighted by Crippen LogP contribution is -2.24. The predicted octanol–water partition coefficient (Wildman–Crippen LogP) is 2.29. The number of carbonyl (C=O) groups excluding carboxylic acids is 1. The lowest BCUT2D eigenvalue weighted by atomic mass is 10.2. The second-order valence-electron chi connectivity index (χ2n) is 5.24. The van der Waals surface area contributed by atoms with Gasteiger partial charge in [-0.05, 0) is 42.0 Å². The number of nitrogens with one attached hydrogen (secondary N) is 1. The second kappa shape index (κ2) is 8.57. The first-order valence-electron chi connectivity index (χ1n) is 7.44. The minimum atomic E-state index is -0.327. The molecule has 1 amide bonds. The van der Waals surface area contributed by atoms with Gasteiger partial charge in [0, 0.05) is 19.8 Å². The summed E-state index contributed by atoms with van der Waals surface area (Å²) >= 11 is 0. The van der Waals surface area contributed by atoms with Crippen LogP contribution in [0, 0.1) is 0 Å². The molecule has 0 saturated heterocycles. The summed E-state index contributed by atoms with van der Waals surface area (Å²) in [5, 5.41) is 3.92. The Morgan fingerprint density at radius 1 is 1.08 bits per heavy atom. The molecule has 6 heteroatoms. The summed E-state index contributed by atoms with van der Waals surface area (Å²) < 4.78 is 10.4. The van der Waals surface area contributed by atoms with E-state index in [0.29, 0.717) is 5.75 Å². The molecule has 0 spiro atoms. The number of nitrogens with zero attached hydrogens (tertiary/aromatic N) is 2. The average Bonchev–Trinajstić information content (AvgIpc) is 2.61. The molecule has 2 rings (SSSR count). The highest BCUT2D eigenvalue weighted by molar-refractivity contribution is 5.83. The van der Waals surface area contributed by atoms with Gasteiger partial charge in [0.2, 0.25) is 0 Å². The average molecular weight is 327 g/mol. The molecular formula is C18H21N3O3. The van der Waals surface area contributed by atoms with Crippen LogP contribution in [0.3, 0.4) is 0 Å². The van der Waals surface area contributed by atoms with Crippen molar-refractivity contribution >= 4 is 17.8 Å². The van der Waals surface area contributed by atoms with Gasteiger partial charge in [0.05, 0.1) is 13.3 Å². The minimum Gasteiger partial charge on any atom is -0.497 e. The van der Waals surface area contributed by atoms with Gasteiger partial charge in [0.25, 0.3) is 5.91 Å². The fourth-order valence-electron chi connectivity index (χ4n) is 1.89. The van der Waals surface area contributed by atoms with E-state index in [-0.39, 0.29) is 12.5 Å². The molecule has 2 aromatic carbocycles. The largest absolute Gasteiger partial charge is 0.497 e. The Balaban J connectivity index is 1.77. The second-order valence-corrected chi connectivity index (χ2v) is 5.24. The van der Waals surface area contributed by atoms with Crippen molar-refractivity contribution in [2.24, 2.45) is 5.10 Å².